The van der Waals surface area contributed by atoms with Crippen LogP contribution >= 0.6 is 0 Å². The molecule has 0 heterocycles. The average molecular weight is 569 g/mol. The number of rotatable bonds is 13. The summed E-state index contributed by atoms with van der Waals surface area (Å²) in [6.07, 6.45) is 16.7. The SMILES string of the molecule is CCCCCCCCCC[C@H]1CC[C@H](c2ccc(-c3ccc(C(=O)O)c(F)c3-c3cc(F)c(F)c(F)c3)cc2)CC1. The molecule has 41 heavy (non-hydrogen) atoms. The molecule has 0 spiro atoms. The van der Waals surface area contributed by atoms with Crippen LogP contribution in [0.4, 0.5) is 17.6 Å². The maximum absolute atomic E-state index is 15.4. The third kappa shape index (κ3) is 7.78. The van der Waals surface area contributed by atoms with Crippen molar-refractivity contribution in [3.63, 3.8) is 0 Å². The van der Waals surface area contributed by atoms with E-state index in [1.54, 1.807) is 0 Å². The molecule has 1 N–H and O–H groups in total. The van der Waals surface area contributed by atoms with Gasteiger partial charge in [-0.15, -0.1) is 0 Å². The molecule has 0 bridgehead atoms. The number of benzene rings is 3. The van der Waals surface area contributed by atoms with E-state index in [1.807, 2.05) is 24.3 Å². The number of carbonyl (C=O) groups is 1. The number of carboxylic acid groups (broad SMARTS) is 1. The summed E-state index contributed by atoms with van der Waals surface area (Å²) in [6, 6.07) is 11.6. The molecule has 0 atom stereocenters. The Kier molecular flexibility index (Phi) is 11.0. The lowest BCUT2D eigenvalue weighted by Gasteiger charge is -2.29. The van der Waals surface area contributed by atoms with Gasteiger partial charge in [-0.1, -0.05) is 95.0 Å². The van der Waals surface area contributed by atoms with Crippen LogP contribution in [0, 0.1) is 29.2 Å². The van der Waals surface area contributed by atoms with Crippen molar-refractivity contribution in [2.45, 2.75) is 96.3 Å². The number of hydrogen-bond acceptors (Lipinski definition) is 1. The van der Waals surface area contributed by atoms with Crippen molar-refractivity contribution in [2.75, 3.05) is 0 Å². The molecule has 0 aromatic heterocycles. The average Bonchev–Trinajstić information content (AvgIpc) is 2.97. The molecule has 0 amide bonds. The van der Waals surface area contributed by atoms with Crippen molar-refractivity contribution in [2.24, 2.45) is 5.92 Å². The summed E-state index contributed by atoms with van der Waals surface area (Å²) >= 11 is 0. The first-order valence-electron chi connectivity index (χ1n) is 15.1. The van der Waals surface area contributed by atoms with Gasteiger partial charge in [0, 0.05) is 5.56 Å². The second-order valence-corrected chi connectivity index (χ2v) is 11.5. The summed E-state index contributed by atoms with van der Waals surface area (Å²) in [7, 11) is 0. The van der Waals surface area contributed by atoms with Gasteiger partial charge in [-0.25, -0.2) is 22.4 Å². The number of carboxylic acids is 1. The highest BCUT2D eigenvalue weighted by Crippen LogP contribution is 2.40. The Hall–Kier alpha value is -3.15. The van der Waals surface area contributed by atoms with Crippen LogP contribution in [-0.4, -0.2) is 11.1 Å². The molecule has 220 valence electrons. The van der Waals surface area contributed by atoms with Crippen LogP contribution in [-0.2, 0) is 0 Å². The summed E-state index contributed by atoms with van der Waals surface area (Å²) in [6.45, 7) is 2.25. The van der Waals surface area contributed by atoms with Gasteiger partial charge in [0.25, 0.3) is 0 Å². The Bertz CT molecular complexity index is 1290. The van der Waals surface area contributed by atoms with Gasteiger partial charge in [0.05, 0.1) is 5.56 Å². The van der Waals surface area contributed by atoms with Crippen molar-refractivity contribution in [1.29, 1.82) is 0 Å². The van der Waals surface area contributed by atoms with Crippen molar-refractivity contribution in [1.82, 2.24) is 0 Å². The minimum atomic E-state index is -1.66. The molecule has 6 heteroatoms. The van der Waals surface area contributed by atoms with Gasteiger partial charge in [0.1, 0.15) is 5.82 Å². The zero-order valence-electron chi connectivity index (χ0n) is 23.8. The van der Waals surface area contributed by atoms with Crippen LogP contribution < -0.4 is 0 Å². The van der Waals surface area contributed by atoms with E-state index in [0.717, 1.165) is 24.8 Å². The highest BCUT2D eigenvalue weighted by Gasteiger charge is 2.24. The fraction of sp³-hybridized carbons (Fsp3) is 0.457. The highest BCUT2D eigenvalue weighted by atomic mass is 19.2. The maximum atomic E-state index is 15.4. The Morgan fingerprint density at radius 3 is 1.90 bits per heavy atom. The minimum absolute atomic E-state index is 0.268. The molecule has 3 aromatic rings. The molecule has 1 aliphatic rings. The van der Waals surface area contributed by atoms with Crippen molar-refractivity contribution < 1.29 is 27.5 Å². The van der Waals surface area contributed by atoms with Crippen molar-refractivity contribution in [3.05, 3.63) is 82.9 Å². The van der Waals surface area contributed by atoms with Gasteiger partial charge >= 0.3 is 5.97 Å². The van der Waals surface area contributed by atoms with E-state index in [-0.39, 0.29) is 16.7 Å². The first-order chi connectivity index (χ1) is 19.8. The number of halogens is 4. The van der Waals surface area contributed by atoms with Gasteiger partial charge in [-0.3, -0.25) is 0 Å². The Morgan fingerprint density at radius 2 is 1.32 bits per heavy atom. The Labute approximate surface area is 240 Å². The Morgan fingerprint density at radius 1 is 0.732 bits per heavy atom. The van der Waals surface area contributed by atoms with Crippen LogP contribution in [0.15, 0.2) is 48.5 Å². The molecule has 1 saturated carbocycles. The van der Waals surface area contributed by atoms with E-state index in [1.165, 1.54) is 82.3 Å². The summed E-state index contributed by atoms with van der Waals surface area (Å²) in [5, 5.41) is 9.41. The van der Waals surface area contributed by atoms with Crippen LogP contribution in [0.1, 0.15) is 112 Å². The van der Waals surface area contributed by atoms with E-state index < -0.39 is 34.8 Å². The molecule has 0 saturated heterocycles. The quantitative estimate of drug-likeness (QED) is 0.126. The maximum Gasteiger partial charge on any atom is 0.338 e. The third-order valence-electron chi connectivity index (χ3n) is 8.65. The standard InChI is InChI=1S/C35H40F4O2/c1-2-3-4-5-6-7-8-9-10-23-11-13-24(14-12-23)25-15-17-26(18-16-25)28-19-20-29(35(40)41)33(38)32(28)27-21-30(36)34(39)31(37)22-27/h15-24H,2-14H2,1H3,(H,40,41)/t23-,24-. The lowest BCUT2D eigenvalue weighted by Crippen LogP contribution is -2.13. The fourth-order valence-electron chi connectivity index (χ4n) is 6.25. The second-order valence-electron chi connectivity index (χ2n) is 11.5. The van der Waals surface area contributed by atoms with Crippen molar-refractivity contribution in [3.8, 4) is 22.3 Å². The van der Waals surface area contributed by atoms with Gasteiger partial charge in [0.15, 0.2) is 17.5 Å². The zero-order valence-corrected chi connectivity index (χ0v) is 23.8. The molecule has 2 nitrogen and oxygen atoms in total. The van der Waals surface area contributed by atoms with E-state index in [0.29, 0.717) is 23.6 Å². The van der Waals surface area contributed by atoms with E-state index >= 15 is 4.39 Å². The molecule has 3 aromatic carbocycles. The summed E-state index contributed by atoms with van der Waals surface area (Å²) < 4.78 is 57.1. The molecule has 1 aliphatic carbocycles. The molecule has 0 unspecified atom stereocenters. The smallest absolute Gasteiger partial charge is 0.338 e. The Balaban J connectivity index is 1.42. The van der Waals surface area contributed by atoms with Gasteiger partial charge in [-0.05, 0) is 78.0 Å². The number of aromatic carboxylic acids is 1. The van der Waals surface area contributed by atoms with Crippen LogP contribution in [0.5, 0.6) is 0 Å². The predicted molar refractivity (Wildman–Crippen MR) is 156 cm³/mol. The molecular formula is C35H40F4O2. The van der Waals surface area contributed by atoms with Crippen molar-refractivity contribution >= 4 is 5.97 Å². The largest absolute Gasteiger partial charge is 0.478 e. The topological polar surface area (TPSA) is 37.3 Å². The van der Waals surface area contributed by atoms with Gasteiger partial charge in [-0.2, -0.15) is 0 Å². The highest BCUT2D eigenvalue weighted by molar-refractivity contribution is 5.94. The predicted octanol–water partition coefficient (Wildman–Crippen LogP) is 11.1. The monoisotopic (exact) mass is 568 g/mol. The summed E-state index contributed by atoms with van der Waals surface area (Å²) in [4.78, 5) is 11.6. The van der Waals surface area contributed by atoms with Gasteiger partial charge < -0.3 is 5.11 Å². The van der Waals surface area contributed by atoms with Crippen LogP contribution in [0.25, 0.3) is 22.3 Å². The summed E-state index contributed by atoms with van der Waals surface area (Å²) in [5.74, 6) is -6.00. The molecule has 1 fully saturated rings. The molecule has 0 radical (unpaired) electrons. The van der Waals surface area contributed by atoms with E-state index in [9.17, 15) is 23.1 Å². The fourth-order valence-corrected chi connectivity index (χ4v) is 6.25. The number of unbranched alkanes of at least 4 members (excludes halogenated alkanes) is 7. The second kappa shape index (κ2) is 14.7. The van der Waals surface area contributed by atoms with Crippen LogP contribution in [0.2, 0.25) is 0 Å². The first-order valence-corrected chi connectivity index (χ1v) is 15.1. The lowest BCUT2D eigenvalue weighted by molar-refractivity contribution is 0.0692. The van der Waals surface area contributed by atoms with Crippen LogP contribution in [0.3, 0.4) is 0 Å². The zero-order chi connectivity index (χ0) is 29.4. The minimum Gasteiger partial charge on any atom is -0.478 e. The van der Waals surface area contributed by atoms with Gasteiger partial charge in [0.2, 0.25) is 0 Å². The molecule has 0 aliphatic heterocycles. The van der Waals surface area contributed by atoms with E-state index in [2.05, 4.69) is 6.92 Å². The molecule has 4 rings (SSSR count). The first kappa shape index (κ1) is 30.8. The third-order valence-corrected chi connectivity index (χ3v) is 8.65. The lowest BCUT2D eigenvalue weighted by atomic mass is 9.77. The van der Waals surface area contributed by atoms with E-state index in [4.69, 9.17) is 0 Å². The number of hydrogen-bond donors (Lipinski definition) is 1. The summed E-state index contributed by atoms with van der Waals surface area (Å²) in [5.41, 5.74) is 0.871. The molecular weight excluding hydrogens is 528 g/mol. The normalized spacial score (nSPS) is 17.1.